The fraction of sp³-hybridized carbons (Fsp3) is 0.333. The van der Waals surface area contributed by atoms with Crippen molar-refractivity contribution in [3.8, 4) is 0 Å². The van der Waals surface area contributed by atoms with Crippen LogP contribution < -0.4 is 5.32 Å². The van der Waals surface area contributed by atoms with Crippen LogP contribution in [0.15, 0.2) is 18.2 Å². The molecule has 0 atom stereocenters. The maximum Gasteiger partial charge on any atom is 0.138 e. The molecule has 1 heterocycles. The van der Waals surface area contributed by atoms with Crippen molar-refractivity contribution in [2.24, 2.45) is 0 Å². The SMILES string of the molecule is CCCc1nc(Cl)c(C)c(Nc2cc(Cl)ccc2C)n1. The first-order valence-electron chi connectivity index (χ1n) is 6.57. The van der Waals surface area contributed by atoms with Crippen molar-refractivity contribution < 1.29 is 0 Å². The van der Waals surface area contributed by atoms with E-state index in [0.29, 0.717) is 10.2 Å². The molecule has 0 aliphatic rings. The molecule has 0 radical (unpaired) electrons. The highest BCUT2D eigenvalue weighted by atomic mass is 35.5. The molecule has 0 saturated heterocycles. The van der Waals surface area contributed by atoms with Crippen LogP contribution >= 0.6 is 23.2 Å². The molecule has 0 fully saturated rings. The molecule has 0 spiro atoms. The van der Waals surface area contributed by atoms with E-state index in [0.717, 1.165) is 41.3 Å². The van der Waals surface area contributed by atoms with E-state index in [2.05, 4.69) is 22.2 Å². The summed E-state index contributed by atoms with van der Waals surface area (Å²) in [6, 6.07) is 5.71. The predicted molar refractivity (Wildman–Crippen MR) is 85.2 cm³/mol. The number of aryl methyl sites for hydroxylation is 2. The fourth-order valence-corrected chi connectivity index (χ4v) is 2.21. The minimum atomic E-state index is 0.491. The number of anilines is 2. The molecule has 0 aliphatic heterocycles. The summed E-state index contributed by atoms with van der Waals surface area (Å²) in [6.07, 6.45) is 1.79. The van der Waals surface area contributed by atoms with Crippen LogP contribution in [-0.2, 0) is 6.42 Å². The Hall–Kier alpha value is -1.32. The second-order valence-electron chi connectivity index (χ2n) is 4.74. The van der Waals surface area contributed by atoms with Gasteiger partial charge >= 0.3 is 0 Å². The van der Waals surface area contributed by atoms with Gasteiger partial charge in [0, 0.05) is 22.7 Å². The van der Waals surface area contributed by atoms with Crippen LogP contribution in [0.5, 0.6) is 0 Å². The van der Waals surface area contributed by atoms with E-state index in [9.17, 15) is 0 Å². The summed E-state index contributed by atoms with van der Waals surface area (Å²) < 4.78 is 0. The van der Waals surface area contributed by atoms with Gasteiger partial charge in [-0.25, -0.2) is 9.97 Å². The van der Waals surface area contributed by atoms with Crippen molar-refractivity contribution in [3.05, 3.63) is 45.3 Å². The molecule has 1 aromatic heterocycles. The van der Waals surface area contributed by atoms with Crippen LogP contribution in [0.2, 0.25) is 10.2 Å². The zero-order valence-corrected chi connectivity index (χ0v) is 13.3. The van der Waals surface area contributed by atoms with E-state index < -0.39 is 0 Å². The molecular formula is C15H17Cl2N3. The number of benzene rings is 1. The number of hydrogen-bond acceptors (Lipinski definition) is 3. The van der Waals surface area contributed by atoms with Gasteiger partial charge in [0.25, 0.3) is 0 Å². The second-order valence-corrected chi connectivity index (χ2v) is 5.53. The molecule has 2 rings (SSSR count). The van der Waals surface area contributed by atoms with Gasteiger partial charge in [-0.2, -0.15) is 0 Å². The highest BCUT2D eigenvalue weighted by molar-refractivity contribution is 6.31. The van der Waals surface area contributed by atoms with Crippen LogP contribution in [0.25, 0.3) is 0 Å². The molecule has 20 heavy (non-hydrogen) atoms. The second kappa shape index (κ2) is 6.42. The Bertz CT molecular complexity index is 627. The Balaban J connectivity index is 2.39. The van der Waals surface area contributed by atoms with Gasteiger partial charge < -0.3 is 5.32 Å². The van der Waals surface area contributed by atoms with E-state index >= 15 is 0 Å². The van der Waals surface area contributed by atoms with Gasteiger partial charge in [-0.05, 0) is 38.0 Å². The van der Waals surface area contributed by atoms with Crippen LogP contribution in [-0.4, -0.2) is 9.97 Å². The lowest BCUT2D eigenvalue weighted by Crippen LogP contribution is -2.04. The third-order valence-corrected chi connectivity index (χ3v) is 3.66. The van der Waals surface area contributed by atoms with Gasteiger partial charge in [0.15, 0.2) is 0 Å². The van der Waals surface area contributed by atoms with Crippen LogP contribution in [0, 0.1) is 13.8 Å². The standard InChI is InChI=1S/C15H17Cl2N3/c1-4-5-13-19-14(17)10(3)15(20-13)18-12-8-11(16)7-6-9(12)2/h6-8H,4-5H2,1-3H3,(H,18,19,20). The van der Waals surface area contributed by atoms with Crippen LogP contribution in [0.1, 0.15) is 30.3 Å². The lowest BCUT2D eigenvalue weighted by atomic mass is 10.2. The summed E-state index contributed by atoms with van der Waals surface area (Å²) in [5.41, 5.74) is 2.87. The minimum absolute atomic E-state index is 0.491. The smallest absolute Gasteiger partial charge is 0.138 e. The monoisotopic (exact) mass is 309 g/mol. The summed E-state index contributed by atoms with van der Waals surface area (Å²) >= 11 is 12.2. The summed E-state index contributed by atoms with van der Waals surface area (Å²) in [5.74, 6) is 1.49. The molecular weight excluding hydrogens is 293 g/mol. The number of halogens is 2. The summed E-state index contributed by atoms with van der Waals surface area (Å²) in [6.45, 7) is 6.01. The number of nitrogens with one attached hydrogen (secondary N) is 1. The summed E-state index contributed by atoms with van der Waals surface area (Å²) in [4.78, 5) is 8.83. The van der Waals surface area contributed by atoms with E-state index in [-0.39, 0.29) is 0 Å². The number of aromatic nitrogens is 2. The normalized spacial score (nSPS) is 10.7. The van der Waals surface area contributed by atoms with Crippen molar-refractivity contribution in [1.29, 1.82) is 0 Å². The molecule has 106 valence electrons. The summed E-state index contributed by atoms with van der Waals surface area (Å²) in [7, 11) is 0. The van der Waals surface area contributed by atoms with E-state index in [1.165, 1.54) is 0 Å². The van der Waals surface area contributed by atoms with E-state index in [1.807, 2.05) is 32.0 Å². The Labute approximate surface area is 129 Å². The van der Waals surface area contributed by atoms with Gasteiger partial charge in [-0.1, -0.05) is 36.2 Å². The first kappa shape index (κ1) is 15.1. The zero-order valence-electron chi connectivity index (χ0n) is 11.8. The van der Waals surface area contributed by atoms with Crippen molar-refractivity contribution in [2.75, 3.05) is 5.32 Å². The largest absolute Gasteiger partial charge is 0.340 e. The number of nitrogens with zero attached hydrogens (tertiary/aromatic N) is 2. The first-order chi connectivity index (χ1) is 9.51. The number of rotatable bonds is 4. The Morgan fingerprint density at radius 3 is 2.60 bits per heavy atom. The lowest BCUT2D eigenvalue weighted by Gasteiger charge is -2.13. The highest BCUT2D eigenvalue weighted by Gasteiger charge is 2.10. The van der Waals surface area contributed by atoms with Crippen molar-refractivity contribution in [2.45, 2.75) is 33.6 Å². The van der Waals surface area contributed by atoms with Gasteiger partial charge in [0.2, 0.25) is 0 Å². The number of hydrogen-bond donors (Lipinski definition) is 1. The predicted octanol–water partition coefficient (Wildman–Crippen LogP) is 5.10. The first-order valence-corrected chi connectivity index (χ1v) is 7.33. The average Bonchev–Trinajstić information content (AvgIpc) is 2.40. The molecule has 1 aromatic carbocycles. The minimum Gasteiger partial charge on any atom is -0.340 e. The maximum atomic E-state index is 6.17. The molecule has 1 N–H and O–H groups in total. The van der Waals surface area contributed by atoms with E-state index in [1.54, 1.807) is 0 Å². The van der Waals surface area contributed by atoms with Crippen LogP contribution in [0.3, 0.4) is 0 Å². The quantitative estimate of drug-likeness (QED) is 0.799. The van der Waals surface area contributed by atoms with Gasteiger partial charge in [-0.15, -0.1) is 0 Å². The Morgan fingerprint density at radius 1 is 1.15 bits per heavy atom. The van der Waals surface area contributed by atoms with Crippen molar-refractivity contribution in [3.63, 3.8) is 0 Å². The molecule has 3 nitrogen and oxygen atoms in total. The molecule has 0 amide bonds. The summed E-state index contributed by atoms with van der Waals surface area (Å²) in [5, 5.41) is 4.48. The Morgan fingerprint density at radius 2 is 1.90 bits per heavy atom. The lowest BCUT2D eigenvalue weighted by molar-refractivity contribution is 0.833. The third-order valence-electron chi connectivity index (χ3n) is 3.06. The zero-order chi connectivity index (χ0) is 14.7. The van der Waals surface area contributed by atoms with Gasteiger partial charge in [0.1, 0.15) is 16.8 Å². The Kier molecular flexibility index (Phi) is 4.84. The maximum absolute atomic E-state index is 6.17. The fourth-order valence-electron chi connectivity index (χ4n) is 1.85. The molecule has 2 aromatic rings. The molecule has 0 saturated carbocycles. The molecule has 0 unspecified atom stereocenters. The highest BCUT2D eigenvalue weighted by Crippen LogP contribution is 2.27. The van der Waals surface area contributed by atoms with Gasteiger partial charge in [-0.3, -0.25) is 0 Å². The molecule has 0 aliphatic carbocycles. The van der Waals surface area contributed by atoms with Crippen molar-refractivity contribution >= 4 is 34.7 Å². The van der Waals surface area contributed by atoms with E-state index in [4.69, 9.17) is 23.2 Å². The van der Waals surface area contributed by atoms with Crippen molar-refractivity contribution in [1.82, 2.24) is 9.97 Å². The third kappa shape index (κ3) is 3.41. The topological polar surface area (TPSA) is 37.8 Å². The van der Waals surface area contributed by atoms with Gasteiger partial charge in [0.05, 0.1) is 0 Å². The molecule has 5 heteroatoms. The van der Waals surface area contributed by atoms with Crippen LogP contribution in [0.4, 0.5) is 11.5 Å². The average molecular weight is 310 g/mol. The molecule has 0 bridgehead atoms.